The summed E-state index contributed by atoms with van der Waals surface area (Å²) in [6.45, 7) is 12.0. The third-order valence-corrected chi connectivity index (χ3v) is 12.6. The number of benzene rings is 8. The fourth-order valence-corrected chi connectivity index (χ4v) is 10.3. The molecule has 0 fully saturated rings. The van der Waals surface area contributed by atoms with Gasteiger partial charge in [0, 0.05) is 49.4 Å². The highest BCUT2D eigenvalue weighted by molar-refractivity contribution is 6.22. The van der Waals surface area contributed by atoms with Gasteiger partial charge < -0.3 is 13.7 Å². The van der Waals surface area contributed by atoms with E-state index >= 15 is 0 Å². The predicted octanol–water partition coefficient (Wildman–Crippen LogP) is 14.8. The molecule has 0 amide bonds. The van der Waals surface area contributed by atoms with Crippen LogP contribution in [0.1, 0.15) is 51.3 Å². The van der Waals surface area contributed by atoms with Crippen LogP contribution >= 0.6 is 0 Å². The summed E-state index contributed by atoms with van der Waals surface area (Å²) >= 11 is 0. The fourth-order valence-electron chi connectivity index (χ4n) is 10.3. The van der Waals surface area contributed by atoms with Crippen LogP contribution in [-0.2, 0) is 17.3 Å². The minimum atomic E-state index is -0.160. The zero-order valence-corrected chi connectivity index (χ0v) is 34.4. The second-order valence-corrected chi connectivity index (χ2v) is 17.9. The molecule has 0 aliphatic rings. The van der Waals surface area contributed by atoms with Crippen molar-refractivity contribution in [2.24, 2.45) is 0 Å². The second kappa shape index (κ2) is 13.1. The lowest BCUT2D eigenvalue weighted by molar-refractivity contribution is 0.527. The highest BCUT2D eigenvalue weighted by Crippen LogP contribution is 2.47. The first-order chi connectivity index (χ1) is 28.7. The number of hydrogen-bond acceptors (Lipinski definition) is 0. The molecule has 0 spiro atoms. The number of aromatic nitrogens is 3. The normalized spacial score (nSPS) is 12.6. The summed E-state index contributed by atoms with van der Waals surface area (Å²) in [4.78, 5) is 0. The summed E-state index contributed by atoms with van der Waals surface area (Å²) < 4.78 is 7.42. The zero-order chi connectivity index (χ0) is 40.0. The average molecular weight is 762 g/mol. The van der Waals surface area contributed by atoms with Crippen LogP contribution in [0, 0.1) is 0 Å². The van der Waals surface area contributed by atoms with E-state index in [1.54, 1.807) is 0 Å². The first kappa shape index (κ1) is 35.3. The maximum Gasteiger partial charge on any atom is 0.0565 e. The van der Waals surface area contributed by atoms with Crippen LogP contribution in [-0.4, -0.2) is 13.7 Å². The summed E-state index contributed by atoms with van der Waals surface area (Å²) in [5, 5.41) is 7.89. The third-order valence-electron chi connectivity index (χ3n) is 12.6. The van der Waals surface area contributed by atoms with Gasteiger partial charge >= 0.3 is 0 Å². The first-order valence-corrected chi connectivity index (χ1v) is 20.9. The largest absolute Gasteiger partial charge is 0.309 e. The first-order valence-electron chi connectivity index (χ1n) is 20.9. The quantitative estimate of drug-likeness (QED) is 0.160. The van der Waals surface area contributed by atoms with E-state index in [0.29, 0.717) is 0 Å². The smallest absolute Gasteiger partial charge is 0.0565 e. The molecular weight excluding hydrogens is 715 g/mol. The number of rotatable bonds is 6. The molecule has 0 saturated carbocycles. The van der Waals surface area contributed by atoms with E-state index in [0.717, 1.165) is 6.42 Å². The van der Waals surface area contributed by atoms with Crippen molar-refractivity contribution >= 4 is 65.4 Å². The van der Waals surface area contributed by atoms with E-state index in [1.807, 2.05) is 0 Å². The molecular formula is C56H47N3. The number of hydrogen-bond donors (Lipinski definition) is 0. The van der Waals surface area contributed by atoms with Crippen molar-refractivity contribution in [2.75, 3.05) is 0 Å². The van der Waals surface area contributed by atoms with Gasteiger partial charge in [-0.3, -0.25) is 0 Å². The van der Waals surface area contributed by atoms with Crippen LogP contribution in [0.4, 0.5) is 0 Å². The molecule has 3 heteroatoms. The molecule has 11 aromatic rings. The molecule has 8 aromatic carbocycles. The van der Waals surface area contributed by atoms with E-state index in [1.165, 1.54) is 99.2 Å². The highest BCUT2D eigenvalue weighted by Gasteiger charge is 2.30. The van der Waals surface area contributed by atoms with Gasteiger partial charge in [-0.15, -0.1) is 0 Å². The Morgan fingerprint density at radius 2 is 0.780 bits per heavy atom. The molecule has 11 rings (SSSR count). The Bertz CT molecular complexity index is 3400. The third kappa shape index (κ3) is 5.41. The fraction of sp³-hybridized carbons (Fsp3) is 0.143. The summed E-state index contributed by atoms with van der Waals surface area (Å²) in [7, 11) is 0. The van der Waals surface area contributed by atoms with Crippen molar-refractivity contribution in [2.45, 2.75) is 51.9 Å². The Morgan fingerprint density at radius 1 is 0.356 bits per heavy atom. The highest BCUT2D eigenvalue weighted by atomic mass is 15.0. The van der Waals surface area contributed by atoms with Crippen LogP contribution in [0.25, 0.3) is 82.5 Å². The van der Waals surface area contributed by atoms with Crippen LogP contribution in [0.2, 0.25) is 0 Å². The molecule has 0 bridgehead atoms. The molecule has 0 saturated heterocycles. The molecule has 59 heavy (non-hydrogen) atoms. The van der Waals surface area contributed by atoms with E-state index in [-0.39, 0.29) is 10.8 Å². The number of para-hydroxylation sites is 5. The van der Waals surface area contributed by atoms with Crippen LogP contribution in [0.15, 0.2) is 182 Å². The summed E-state index contributed by atoms with van der Waals surface area (Å²) in [6, 6.07) is 67.1. The van der Waals surface area contributed by atoms with Crippen LogP contribution in [0.5, 0.6) is 0 Å². The van der Waals surface area contributed by atoms with E-state index in [9.17, 15) is 0 Å². The molecule has 0 radical (unpaired) electrons. The molecule has 0 aliphatic carbocycles. The van der Waals surface area contributed by atoms with Crippen molar-refractivity contribution in [3.05, 3.63) is 199 Å². The van der Waals surface area contributed by atoms with E-state index in [4.69, 9.17) is 0 Å². The minimum absolute atomic E-state index is 0.130. The Hall–Kier alpha value is -6.84. The van der Waals surface area contributed by atoms with E-state index in [2.05, 4.69) is 230 Å². The summed E-state index contributed by atoms with van der Waals surface area (Å²) in [5.41, 5.74) is 14.7. The number of nitrogens with zero attached hydrogens (tertiary/aromatic N) is 3. The standard InChI is InChI=1S/C56H47N3/c1-55(2,3)54-52-42-27-13-16-31-46(42)58(39-23-10-7-11-24-39)49(52)35-50-53(54)43-28-14-17-32-47(43)59(50)40-25-18-20-37(34-40)36-56(4,5)44-29-19-33-48-51(44)41-26-12-15-30-45(41)57(48)38-21-8-6-9-22-38/h6-35H,36H2,1-5H3. The SMILES string of the molecule is CC(C)(C)c1c2c3ccccc3n(-c3ccccc3)c2cc2c1c1ccccc1n2-c1cccc(CC(C)(C)c2cccc3c2c2ccccc2n3-c2ccccc2)c1. The van der Waals surface area contributed by atoms with Crippen LogP contribution in [0.3, 0.4) is 0 Å². The number of fused-ring (bicyclic) bond motifs is 9. The molecule has 0 aliphatic heterocycles. The van der Waals surface area contributed by atoms with Gasteiger partial charge in [0.1, 0.15) is 0 Å². The maximum atomic E-state index is 2.52. The Kier molecular flexibility index (Phi) is 7.84. The lowest BCUT2D eigenvalue weighted by Gasteiger charge is -2.27. The Labute approximate surface area is 345 Å². The average Bonchev–Trinajstić information content (AvgIpc) is 3.88. The molecule has 0 atom stereocenters. The van der Waals surface area contributed by atoms with Crippen LogP contribution < -0.4 is 0 Å². The Balaban J connectivity index is 1.12. The summed E-state index contributed by atoms with van der Waals surface area (Å²) in [6.07, 6.45) is 0.891. The topological polar surface area (TPSA) is 14.8 Å². The van der Waals surface area contributed by atoms with Gasteiger partial charge in [0.05, 0.1) is 33.1 Å². The zero-order valence-electron chi connectivity index (χ0n) is 34.4. The molecule has 3 aromatic heterocycles. The van der Waals surface area contributed by atoms with Crippen molar-refractivity contribution in [1.29, 1.82) is 0 Å². The van der Waals surface area contributed by atoms with Gasteiger partial charge in [0.2, 0.25) is 0 Å². The lowest BCUT2D eigenvalue weighted by Crippen LogP contribution is -2.21. The van der Waals surface area contributed by atoms with Crippen molar-refractivity contribution in [1.82, 2.24) is 13.7 Å². The van der Waals surface area contributed by atoms with Crippen molar-refractivity contribution in [3.63, 3.8) is 0 Å². The van der Waals surface area contributed by atoms with Gasteiger partial charge in [-0.25, -0.2) is 0 Å². The minimum Gasteiger partial charge on any atom is -0.309 e. The van der Waals surface area contributed by atoms with Gasteiger partial charge in [-0.05, 0) is 101 Å². The molecule has 286 valence electrons. The van der Waals surface area contributed by atoms with Gasteiger partial charge in [0.25, 0.3) is 0 Å². The summed E-state index contributed by atoms with van der Waals surface area (Å²) in [5.74, 6) is 0. The van der Waals surface area contributed by atoms with Gasteiger partial charge in [0.15, 0.2) is 0 Å². The Morgan fingerprint density at radius 3 is 1.32 bits per heavy atom. The van der Waals surface area contributed by atoms with Gasteiger partial charge in [-0.2, -0.15) is 0 Å². The second-order valence-electron chi connectivity index (χ2n) is 17.9. The molecule has 3 nitrogen and oxygen atoms in total. The maximum absolute atomic E-state index is 2.52. The van der Waals surface area contributed by atoms with E-state index < -0.39 is 0 Å². The predicted molar refractivity (Wildman–Crippen MR) is 251 cm³/mol. The van der Waals surface area contributed by atoms with Gasteiger partial charge in [-0.1, -0.05) is 150 Å². The molecule has 3 heterocycles. The lowest BCUT2D eigenvalue weighted by atomic mass is 9.77. The monoisotopic (exact) mass is 761 g/mol. The van der Waals surface area contributed by atoms with Crippen molar-refractivity contribution in [3.8, 4) is 17.1 Å². The van der Waals surface area contributed by atoms with Crippen molar-refractivity contribution < 1.29 is 0 Å². The molecule has 0 N–H and O–H groups in total. The molecule has 0 unspecified atom stereocenters.